The second-order valence-electron chi connectivity index (χ2n) is 4.14. The maximum absolute atomic E-state index is 13.4. The Kier molecular flexibility index (Phi) is 4.96. The zero-order chi connectivity index (χ0) is 14.7. The van der Waals surface area contributed by atoms with Crippen LogP contribution in [0.5, 0.6) is 11.5 Å². The summed E-state index contributed by atoms with van der Waals surface area (Å²) in [5, 5.41) is 9.66. The van der Waals surface area contributed by atoms with Crippen molar-refractivity contribution in [3.8, 4) is 11.5 Å². The molecule has 2 rings (SSSR count). The van der Waals surface area contributed by atoms with Crippen molar-refractivity contribution < 1.29 is 14.2 Å². The molecule has 1 atom stereocenters. The summed E-state index contributed by atoms with van der Waals surface area (Å²) in [5.74, 6) is 0.188. The molecule has 0 unspecified atom stereocenters. The first-order valence-electron chi connectivity index (χ1n) is 5.97. The van der Waals surface area contributed by atoms with Gasteiger partial charge in [0.15, 0.2) is 0 Å². The third-order valence-electron chi connectivity index (χ3n) is 2.69. The van der Waals surface area contributed by atoms with Crippen LogP contribution < -0.4 is 4.74 Å². The second kappa shape index (κ2) is 6.52. The zero-order valence-electron chi connectivity index (χ0n) is 10.6. The molecule has 1 N–H and O–H groups in total. The Morgan fingerprint density at radius 2 is 2.20 bits per heavy atom. The van der Waals surface area contributed by atoms with E-state index in [1.54, 1.807) is 12.1 Å². The standard InChI is InChI=1S/C14H12BrClFNO2/c1-2-13(19)12-4-3-8(7-18-12)20-14-6-11(17)10(16)5-9(14)15/h3-7,13,19H,2H2,1H3/t13-/m0/s1. The van der Waals surface area contributed by atoms with Crippen molar-refractivity contribution in [3.63, 3.8) is 0 Å². The van der Waals surface area contributed by atoms with Gasteiger partial charge >= 0.3 is 0 Å². The summed E-state index contributed by atoms with van der Waals surface area (Å²) >= 11 is 8.91. The molecule has 0 radical (unpaired) electrons. The molecule has 0 spiro atoms. The summed E-state index contributed by atoms with van der Waals surface area (Å²) in [7, 11) is 0. The Hall–Kier alpha value is -1.17. The van der Waals surface area contributed by atoms with Gasteiger partial charge in [0.05, 0.1) is 27.5 Å². The monoisotopic (exact) mass is 359 g/mol. The number of hydrogen-bond donors (Lipinski definition) is 1. The predicted molar refractivity (Wildman–Crippen MR) is 78.7 cm³/mol. The average molecular weight is 361 g/mol. The van der Waals surface area contributed by atoms with Crippen LogP contribution in [0, 0.1) is 5.82 Å². The Labute approximate surface area is 129 Å². The van der Waals surface area contributed by atoms with Gasteiger partial charge in [-0.25, -0.2) is 4.39 Å². The highest BCUT2D eigenvalue weighted by Gasteiger charge is 2.10. The minimum Gasteiger partial charge on any atom is -0.454 e. The third-order valence-corrected chi connectivity index (χ3v) is 3.60. The quantitative estimate of drug-likeness (QED) is 0.791. The van der Waals surface area contributed by atoms with Crippen LogP contribution >= 0.6 is 27.5 Å². The van der Waals surface area contributed by atoms with Crippen LogP contribution in [0.2, 0.25) is 5.02 Å². The molecule has 20 heavy (non-hydrogen) atoms. The van der Waals surface area contributed by atoms with E-state index < -0.39 is 11.9 Å². The Morgan fingerprint density at radius 3 is 2.80 bits per heavy atom. The van der Waals surface area contributed by atoms with Crippen LogP contribution in [0.3, 0.4) is 0 Å². The second-order valence-corrected chi connectivity index (χ2v) is 5.40. The third kappa shape index (κ3) is 3.48. The SMILES string of the molecule is CC[C@H](O)c1ccc(Oc2cc(F)c(Cl)cc2Br)cn1. The highest BCUT2D eigenvalue weighted by atomic mass is 79.9. The van der Waals surface area contributed by atoms with E-state index in [0.717, 1.165) is 0 Å². The van der Waals surface area contributed by atoms with Crippen molar-refractivity contribution in [2.24, 2.45) is 0 Å². The molecule has 1 heterocycles. The molecular formula is C14H12BrClFNO2. The minimum atomic E-state index is -0.594. The number of ether oxygens (including phenoxy) is 1. The van der Waals surface area contributed by atoms with Gasteiger partial charge in [-0.1, -0.05) is 18.5 Å². The molecule has 0 bridgehead atoms. The van der Waals surface area contributed by atoms with Crippen molar-refractivity contribution in [2.75, 3.05) is 0 Å². The van der Waals surface area contributed by atoms with E-state index in [2.05, 4.69) is 20.9 Å². The molecule has 0 saturated heterocycles. The van der Waals surface area contributed by atoms with E-state index in [9.17, 15) is 9.50 Å². The molecule has 106 valence electrons. The van der Waals surface area contributed by atoms with Crippen LogP contribution in [0.1, 0.15) is 25.1 Å². The molecular weight excluding hydrogens is 349 g/mol. The summed E-state index contributed by atoms with van der Waals surface area (Å²) in [6.07, 6.45) is 1.47. The molecule has 0 aliphatic carbocycles. The van der Waals surface area contributed by atoms with Crippen LogP contribution in [0.4, 0.5) is 4.39 Å². The number of hydrogen-bond acceptors (Lipinski definition) is 3. The lowest BCUT2D eigenvalue weighted by atomic mass is 10.2. The fourth-order valence-electron chi connectivity index (χ4n) is 1.57. The number of aromatic nitrogens is 1. The van der Waals surface area contributed by atoms with E-state index >= 15 is 0 Å². The van der Waals surface area contributed by atoms with Gasteiger partial charge in [-0.2, -0.15) is 0 Å². The number of benzene rings is 1. The largest absolute Gasteiger partial charge is 0.454 e. The van der Waals surface area contributed by atoms with Gasteiger partial charge in [-0.05, 0) is 40.5 Å². The van der Waals surface area contributed by atoms with E-state index in [-0.39, 0.29) is 5.02 Å². The lowest BCUT2D eigenvalue weighted by Crippen LogP contribution is -1.98. The molecule has 6 heteroatoms. The molecule has 0 aliphatic rings. The highest BCUT2D eigenvalue weighted by molar-refractivity contribution is 9.10. The van der Waals surface area contributed by atoms with Crippen LogP contribution in [0.25, 0.3) is 0 Å². The first-order chi connectivity index (χ1) is 9.51. The number of aliphatic hydroxyl groups excluding tert-OH is 1. The molecule has 1 aromatic heterocycles. The van der Waals surface area contributed by atoms with Gasteiger partial charge in [0.2, 0.25) is 0 Å². The van der Waals surface area contributed by atoms with Crippen molar-refractivity contribution in [2.45, 2.75) is 19.4 Å². The van der Waals surface area contributed by atoms with E-state index in [0.29, 0.717) is 28.1 Å². The first kappa shape index (κ1) is 15.2. The zero-order valence-corrected chi connectivity index (χ0v) is 12.9. The van der Waals surface area contributed by atoms with Gasteiger partial charge in [0.25, 0.3) is 0 Å². The van der Waals surface area contributed by atoms with Gasteiger partial charge in [-0.15, -0.1) is 0 Å². The van der Waals surface area contributed by atoms with E-state index in [1.165, 1.54) is 18.3 Å². The van der Waals surface area contributed by atoms with Gasteiger partial charge in [-0.3, -0.25) is 4.98 Å². The molecule has 0 aliphatic heterocycles. The number of rotatable bonds is 4. The first-order valence-corrected chi connectivity index (χ1v) is 7.14. The van der Waals surface area contributed by atoms with Gasteiger partial charge in [0, 0.05) is 6.07 Å². The minimum absolute atomic E-state index is 0.0174. The van der Waals surface area contributed by atoms with Crippen molar-refractivity contribution in [1.29, 1.82) is 0 Å². The van der Waals surface area contributed by atoms with Gasteiger partial charge < -0.3 is 9.84 Å². The topological polar surface area (TPSA) is 42.4 Å². The average Bonchev–Trinajstić information content (AvgIpc) is 2.44. The normalized spacial score (nSPS) is 12.2. The van der Waals surface area contributed by atoms with E-state index in [1.807, 2.05) is 6.92 Å². The molecule has 0 amide bonds. The maximum atomic E-state index is 13.4. The van der Waals surface area contributed by atoms with Crippen LogP contribution in [0.15, 0.2) is 34.9 Å². The fourth-order valence-corrected chi connectivity index (χ4v) is 2.29. The smallest absolute Gasteiger partial charge is 0.145 e. The lowest BCUT2D eigenvalue weighted by molar-refractivity contribution is 0.169. The highest BCUT2D eigenvalue weighted by Crippen LogP contribution is 2.33. The fraction of sp³-hybridized carbons (Fsp3) is 0.214. The molecule has 3 nitrogen and oxygen atoms in total. The Morgan fingerprint density at radius 1 is 1.45 bits per heavy atom. The summed E-state index contributed by atoms with van der Waals surface area (Å²) in [5.41, 5.74) is 0.571. The predicted octanol–water partition coefficient (Wildman–Crippen LogP) is 4.87. The molecule has 2 aromatic rings. The summed E-state index contributed by atoms with van der Waals surface area (Å²) in [6, 6.07) is 5.96. The summed E-state index contributed by atoms with van der Waals surface area (Å²) < 4.78 is 19.5. The Bertz CT molecular complexity index is 607. The Balaban J connectivity index is 2.20. The lowest BCUT2D eigenvalue weighted by Gasteiger charge is -2.10. The summed E-state index contributed by atoms with van der Waals surface area (Å²) in [4.78, 5) is 4.11. The van der Waals surface area contributed by atoms with Crippen molar-refractivity contribution >= 4 is 27.5 Å². The number of nitrogens with zero attached hydrogens (tertiary/aromatic N) is 1. The maximum Gasteiger partial charge on any atom is 0.145 e. The summed E-state index contributed by atoms with van der Waals surface area (Å²) in [6.45, 7) is 1.87. The number of aliphatic hydroxyl groups is 1. The molecule has 1 aromatic carbocycles. The van der Waals surface area contributed by atoms with Gasteiger partial charge in [0.1, 0.15) is 17.3 Å². The van der Waals surface area contributed by atoms with E-state index in [4.69, 9.17) is 16.3 Å². The van der Waals surface area contributed by atoms with Crippen LogP contribution in [-0.2, 0) is 0 Å². The number of pyridine rings is 1. The molecule has 0 fully saturated rings. The van der Waals surface area contributed by atoms with Crippen molar-refractivity contribution in [3.05, 3.63) is 51.5 Å². The molecule has 0 saturated carbocycles. The number of halogens is 3. The van der Waals surface area contributed by atoms with Crippen LogP contribution in [-0.4, -0.2) is 10.1 Å². The van der Waals surface area contributed by atoms with Crippen molar-refractivity contribution in [1.82, 2.24) is 4.98 Å².